The first kappa shape index (κ1) is 32.3. The van der Waals surface area contributed by atoms with Gasteiger partial charge in [0, 0.05) is 25.2 Å². The number of nitrogens with zero attached hydrogens (tertiary/aromatic N) is 3. The van der Waals surface area contributed by atoms with Crippen molar-refractivity contribution < 1.29 is 23.8 Å². The molecule has 2 amide bonds. The van der Waals surface area contributed by atoms with Crippen LogP contribution in [0.4, 0.5) is 10.5 Å². The number of imide groups is 1. The third kappa shape index (κ3) is 7.95. The second kappa shape index (κ2) is 15.8. The van der Waals surface area contributed by atoms with Gasteiger partial charge >= 0.3 is 6.09 Å². The van der Waals surface area contributed by atoms with Gasteiger partial charge in [0.25, 0.3) is 5.91 Å². The first-order valence-corrected chi connectivity index (χ1v) is 15.2. The number of anilines is 1. The van der Waals surface area contributed by atoms with E-state index in [1.807, 2.05) is 60.7 Å². The van der Waals surface area contributed by atoms with E-state index in [-0.39, 0.29) is 12.2 Å². The van der Waals surface area contributed by atoms with Crippen molar-refractivity contribution >= 4 is 17.7 Å². The van der Waals surface area contributed by atoms with Gasteiger partial charge in [0.15, 0.2) is 0 Å². The second-order valence-electron chi connectivity index (χ2n) is 11.0. The van der Waals surface area contributed by atoms with Gasteiger partial charge in [-0.1, -0.05) is 60.7 Å². The van der Waals surface area contributed by atoms with Crippen molar-refractivity contribution in [3.8, 4) is 11.8 Å². The van der Waals surface area contributed by atoms with Crippen LogP contribution in [-0.4, -0.2) is 62.0 Å². The van der Waals surface area contributed by atoms with Crippen LogP contribution in [0.15, 0.2) is 103 Å². The minimum absolute atomic E-state index is 0.130. The number of carbonyl (C=O) groups excluding carboxylic acids is 2. The molecule has 1 aromatic heterocycles. The van der Waals surface area contributed by atoms with Gasteiger partial charge < -0.3 is 25.3 Å². The number of aromatic nitrogens is 1. The first-order chi connectivity index (χ1) is 22.5. The predicted molar refractivity (Wildman–Crippen MR) is 173 cm³/mol. The third-order valence-electron chi connectivity index (χ3n) is 7.95. The highest BCUT2D eigenvalue weighted by Gasteiger charge is 2.36. The molecule has 2 heterocycles. The number of aryl methyl sites for hydroxylation is 1. The lowest BCUT2D eigenvalue weighted by Crippen LogP contribution is -2.50. The van der Waals surface area contributed by atoms with E-state index in [1.54, 1.807) is 36.5 Å². The van der Waals surface area contributed by atoms with Gasteiger partial charge in [-0.3, -0.25) is 9.78 Å². The molecule has 236 valence electrons. The SMILES string of the molecule is COC(=O)N(C(=O)[C@@H](N)C(c1ccccc1)c1ccccc1)c1cnccc1CC[C@@H]1CNC[C@@H](COc2ccc(C#N)cc2)O1. The molecule has 10 nitrogen and oxygen atoms in total. The number of amides is 2. The van der Waals surface area contributed by atoms with Gasteiger partial charge in [-0.05, 0) is 59.9 Å². The summed E-state index contributed by atoms with van der Waals surface area (Å²) < 4.78 is 17.3. The summed E-state index contributed by atoms with van der Waals surface area (Å²) in [6.07, 6.45) is 3.09. The molecule has 1 saturated heterocycles. The van der Waals surface area contributed by atoms with Gasteiger partial charge in [0.05, 0.1) is 42.8 Å². The molecular weight excluding hydrogens is 582 g/mol. The quantitative estimate of drug-likeness (QED) is 0.247. The van der Waals surface area contributed by atoms with E-state index >= 15 is 0 Å². The van der Waals surface area contributed by atoms with Gasteiger partial charge in [0.1, 0.15) is 18.5 Å². The highest BCUT2D eigenvalue weighted by molar-refractivity contribution is 6.15. The minimum Gasteiger partial charge on any atom is -0.491 e. The smallest absolute Gasteiger partial charge is 0.421 e. The summed E-state index contributed by atoms with van der Waals surface area (Å²) in [4.78, 5) is 32.6. The molecule has 0 spiro atoms. The summed E-state index contributed by atoms with van der Waals surface area (Å²) in [6.45, 7) is 1.64. The van der Waals surface area contributed by atoms with Crippen molar-refractivity contribution in [3.05, 3.63) is 126 Å². The largest absolute Gasteiger partial charge is 0.491 e. The Labute approximate surface area is 268 Å². The van der Waals surface area contributed by atoms with Crippen LogP contribution >= 0.6 is 0 Å². The highest BCUT2D eigenvalue weighted by Crippen LogP contribution is 2.31. The highest BCUT2D eigenvalue weighted by atomic mass is 16.5. The monoisotopic (exact) mass is 619 g/mol. The van der Waals surface area contributed by atoms with E-state index in [0.29, 0.717) is 49.5 Å². The first-order valence-electron chi connectivity index (χ1n) is 15.2. The molecule has 10 heteroatoms. The number of nitrogens with one attached hydrogen (secondary N) is 1. The summed E-state index contributed by atoms with van der Waals surface area (Å²) in [5, 5.41) is 12.4. The van der Waals surface area contributed by atoms with Crippen molar-refractivity contribution in [2.45, 2.75) is 37.0 Å². The molecular formula is C36H37N5O5. The molecule has 0 radical (unpaired) electrons. The zero-order chi connectivity index (χ0) is 32.3. The maximum atomic E-state index is 14.2. The lowest BCUT2D eigenvalue weighted by atomic mass is 9.84. The van der Waals surface area contributed by atoms with E-state index < -0.39 is 24.0 Å². The van der Waals surface area contributed by atoms with Crippen LogP contribution in [0.2, 0.25) is 0 Å². The Hall–Kier alpha value is -5.08. The Morgan fingerprint density at radius 2 is 1.65 bits per heavy atom. The lowest BCUT2D eigenvalue weighted by molar-refractivity contribution is -0.119. The van der Waals surface area contributed by atoms with E-state index in [1.165, 1.54) is 13.3 Å². The zero-order valence-corrected chi connectivity index (χ0v) is 25.6. The fourth-order valence-electron chi connectivity index (χ4n) is 5.62. The molecule has 0 saturated carbocycles. The molecule has 1 aliphatic heterocycles. The third-order valence-corrected chi connectivity index (χ3v) is 7.95. The number of pyridine rings is 1. The standard InChI is InChI=1S/C36H37N5O5/c1-44-36(43)41(35(42)34(38)33(27-8-4-2-5-9-27)28-10-6-3-7-11-28)32-23-39-19-18-26(32)14-17-30-21-40-22-31(46-30)24-45-29-15-12-25(20-37)13-16-29/h2-13,15-16,18-19,23,30-31,33-34,40H,14,17,21-22,24,38H2,1H3/t30-,31+,34+/m1/s1. The minimum atomic E-state index is -1.10. The predicted octanol–water partition coefficient (Wildman–Crippen LogP) is 4.58. The number of ether oxygens (including phenoxy) is 3. The van der Waals surface area contributed by atoms with Crippen LogP contribution in [0.25, 0.3) is 0 Å². The fourth-order valence-corrected chi connectivity index (χ4v) is 5.62. The van der Waals surface area contributed by atoms with Crippen LogP contribution in [-0.2, 0) is 20.7 Å². The number of benzene rings is 3. The van der Waals surface area contributed by atoms with Gasteiger partial charge in [0.2, 0.25) is 0 Å². The number of nitriles is 1. The number of hydrogen-bond donors (Lipinski definition) is 2. The number of carbonyl (C=O) groups is 2. The molecule has 0 aliphatic carbocycles. The number of morpholine rings is 1. The average Bonchev–Trinajstić information content (AvgIpc) is 3.11. The zero-order valence-electron chi connectivity index (χ0n) is 25.6. The van der Waals surface area contributed by atoms with Crippen molar-refractivity contribution in [1.29, 1.82) is 5.26 Å². The molecule has 0 unspecified atom stereocenters. The van der Waals surface area contributed by atoms with Crippen molar-refractivity contribution in [2.75, 3.05) is 31.7 Å². The summed E-state index contributed by atoms with van der Waals surface area (Å²) in [7, 11) is 1.23. The number of hydrogen-bond acceptors (Lipinski definition) is 9. The molecule has 3 N–H and O–H groups in total. The fraction of sp³-hybridized carbons (Fsp3) is 0.278. The maximum Gasteiger partial charge on any atom is 0.421 e. The Kier molecular flexibility index (Phi) is 11.1. The van der Waals surface area contributed by atoms with Crippen LogP contribution in [0.5, 0.6) is 5.75 Å². The summed E-state index contributed by atoms with van der Waals surface area (Å²) in [6, 6.07) is 28.8. The summed E-state index contributed by atoms with van der Waals surface area (Å²) in [5.41, 5.74) is 10.0. The average molecular weight is 620 g/mol. The molecule has 3 atom stereocenters. The van der Waals surface area contributed by atoms with Gasteiger partial charge in [-0.25, -0.2) is 9.69 Å². The van der Waals surface area contributed by atoms with E-state index in [4.69, 9.17) is 25.2 Å². The Balaban J connectivity index is 1.30. The number of nitrogens with two attached hydrogens (primary N) is 1. The van der Waals surface area contributed by atoms with Gasteiger partial charge in [-0.2, -0.15) is 5.26 Å². The Morgan fingerprint density at radius 1 is 1.00 bits per heavy atom. The molecule has 4 aromatic rings. The molecule has 1 fully saturated rings. The van der Waals surface area contributed by atoms with Crippen LogP contribution in [0.3, 0.4) is 0 Å². The van der Waals surface area contributed by atoms with Crippen LogP contribution in [0.1, 0.15) is 34.6 Å². The maximum absolute atomic E-state index is 14.2. The Morgan fingerprint density at radius 3 is 2.28 bits per heavy atom. The van der Waals surface area contributed by atoms with Crippen LogP contribution in [0, 0.1) is 11.3 Å². The normalized spacial score (nSPS) is 16.7. The van der Waals surface area contributed by atoms with Crippen molar-refractivity contribution in [1.82, 2.24) is 10.3 Å². The van der Waals surface area contributed by atoms with Crippen LogP contribution < -0.4 is 20.7 Å². The van der Waals surface area contributed by atoms with E-state index in [0.717, 1.165) is 21.6 Å². The topological polar surface area (TPSA) is 140 Å². The molecule has 5 rings (SSSR count). The molecule has 1 aliphatic rings. The number of methoxy groups -OCH3 is 1. The molecule has 0 bridgehead atoms. The number of rotatable bonds is 11. The van der Waals surface area contributed by atoms with Crippen molar-refractivity contribution in [3.63, 3.8) is 0 Å². The van der Waals surface area contributed by atoms with Crippen molar-refractivity contribution in [2.24, 2.45) is 5.73 Å². The lowest BCUT2D eigenvalue weighted by Gasteiger charge is -2.31. The van der Waals surface area contributed by atoms with Gasteiger partial charge in [-0.15, -0.1) is 0 Å². The summed E-state index contributed by atoms with van der Waals surface area (Å²) in [5.74, 6) is -0.444. The Bertz CT molecular complexity index is 1590. The molecule has 3 aromatic carbocycles. The molecule has 46 heavy (non-hydrogen) atoms. The second-order valence-corrected chi connectivity index (χ2v) is 11.0. The summed E-state index contributed by atoms with van der Waals surface area (Å²) >= 11 is 0. The van der Waals surface area contributed by atoms with E-state index in [9.17, 15) is 9.59 Å². The van der Waals surface area contributed by atoms with E-state index in [2.05, 4.69) is 16.4 Å².